The van der Waals surface area contributed by atoms with Crippen molar-refractivity contribution in [3.8, 4) is 5.75 Å². The number of rotatable bonds is 5. The highest BCUT2D eigenvalue weighted by Crippen LogP contribution is 2.45. The lowest BCUT2D eigenvalue weighted by molar-refractivity contribution is 0.0610. The van der Waals surface area contributed by atoms with E-state index in [1.54, 1.807) is 7.11 Å². The number of Topliss-reactive ketones (excluding diaryl/α,β-unsaturated/α-hetero) is 1. The van der Waals surface area contributed by atoms with Gasteiger partial charge in [0, 0.05) is 12.0 Å². The van der Waals surface area contributed by atoms with E-state index in [9.17, 15) is 4.79 Å². The maximum absolute atomic E-state index is 12.9. The van der Waals surface area contributed by atoms with Gasteiger partial charge in [0.15, 0.2) is 5.78 Å². The van der Waals surface area contributed by atoms with E-state index in [4.69, 9.17) is 4.74 Å². The molecular formula is C16H23NO2. The Hall–Kier alpha value is -1.35. The second-order valence-electron chi connectivity index (χ2n) is 5.65. The third-order valence-electron chi connectivity index (χ3n) is 4.20. The van der Waals surface area contributed by atoms with E-state index in [0.717, 1.165) is 42.5 Å². The smallest absolute Gasteiger partial charge is 0.174 e. The number of benzene rings is 1. The molecule has 104 valence electrons. The lowest BCUT2D eigenvalue weighted by Gasteiger charge is -2.40. The molecule has 3 nitrogen and oxygen atoms in total. The van der Waals surface area contributed by atoms with Crippen molar-refractivity contribution in [2.45, 2.75) is 33.1 Å². The number of hydrogen-bond donors (Lipinski definition) is 1. The minimum absolute atomic E-state index is 0.220. The van der Waals surface area contributed by atoms with E-state index < -0.39 is 0 Å². The molecule has 1 aromatic carbocycles. The zero-order valence-electron chi connectivity index (χ0n) is 12.3. The summed E-state index contributed by atoms with van der Waals surface area (Å²) in [6.07, 6.45) is 3.09. The first-order valence-corrected chi connectivity index (χ1v) is 6.89. The molecule has 0 heterocycles. The summed E-state index contributed by atoms with van der Waals surface area (Å²) in [4.78, 5) is 12.9. The molecule has 0 unspecified atom stereocenters. The summed E-state index contributed by atoms with van der Waals surface area (Å²) in [6, 6.07) is 4.01. The van der Waals surface area contributed by atoms with Gasteiger partial charge in [-0.2, -0.15) is 0 Å². The summed E-state index contributed by atoms with van der Waals surface area (Å²) in [6.45, 7) is 4.77. The van der Waals surface area contributed by atoms with Crippen molar-refractivity contribution in [1.82, 2.24) is 5.32 Å². The lowest BCUT2D eigenvalue weighted by Crippen LogP contribution is -2.45. The van der Waals surface area contributed by atoms with E-state index in [-0.39, 0.29) is 11.2 Å². The third-order valence-corrected chi connectivity index (χ3v) is 4.20. The molecule has 1 aliphatic carbocycles. The van der Waals surface area contributed by atoms with Crippen LogP contribution in [0.1, 0.15) is 40.7 Å². The predicted molar refractivity (Wildman–Crippen MR) is 77.0 cm³/mol. The summed E-state index contributed by atoms with van der Waals surface area (Å²) in [5.74, 6) is 0.951. The minimum atomic E-state index is -0.220. The van der Waals surface area contributed by atoms with Crippen LogP contribution in [0, 0.1) is 19.3 Å². The van der Waals surface area contributed by atoms with Crippen LogP contribution in [-0.4, -0.2) is 26.5 Å². The van der Waals surface area contributed by atoms with Gasteiger partial charge in [0.25, 0.3) is 0 Å². The summed E-state index contributed by atoms with van der Waals surface area (Å²) in [7, 11) is 3.54. The van der Waals surface area contributed by atoms with Gasteiger partial charge in [-0.3, -0.25) is 4.79 Å². The Morgan fingerprint density at radius 1 is 1.37 bits per heavy atom. The van der Waals surface area contributed by atoms with Gasteiger partial charge in [-0.05, 0) is 50.9 Å². The van der Waals surface area contributed by atoms with E-state index in [0.29, 0.717) is 5.75 Å². The van der Waals surface area contributed by atoms with Gasteiger partial charge in [0.2, 0.25) is 0 Å². The SMILES string of the molecule is CNCC1(C(=O)c2c(C)cc(C)cc2OC)CCC1. The Balaban J connectivity index is 2.43. The number of aryl methyl sites for hydroxylation is 2. The molecule has 1 N–H and O–H groups in total. The first kappa shape index (κ1) is 14.1. The van der Waals surface area contributed by atoms with Gasteiger partial charge >= 0.3 is 0 Å². The molecule has 1 fully saturated rings. The molecule has 19 heavy (non-hydrogen) atoms. The van der Waals surface area contributed by atoms with Crippen molar-refractivity contribution >= 4 is 5.78 Å². The molecule has 0 amide bonds. The maximum atomic E-state index is 12.9. The molecule has 3 heteroatoms. The fourth-order valence-corrected chi connectivity index (χ4v) is 3.07. The zero-order chi connectivity index (χ0) is 14.0. The summed E-state index contributed by atoms with van der Waals surface area (Å²) < 4.78 is 5.43. The molecular weight excluding hydrogens is 238 g/mol. The Bertz CT molecular complexity index is 490. The van der Waals surface area contributed by atoms with Crippen LogP contribution < -0.4 is 10.1 Å². The molecule has 1 saturated carbocycles. The lowest BCUT2D eigenvalue weighted by atomic mass is 9.64. The zero-order valence-corrected chi connectivity index (χ0v) is 12.3. The maximum Gasteiger partial charge on any atom is 0.174 e. The first-order valence-electron chi connectivity index (χ1n) is 6.89. The van der Waals surface area contributed by atoms with Crippen LogP contribution in [-0.2, 0) is 0 Å². The van der Waals surface area contributed by atoms with Crippen LogP contribution >= 0.6 is 0 Å². The van der Waals surface area contributed by atoms with Crippen molar-refractivity contribution in [2.24, 2.45) is 5.41 Å². The van der Waals surface area contributed by atoms with E-state index in [1.165, 1.54) is 0 Å². The third kappa shape index (κ3) is 2.39. The van der Waals surface area contributed by atoms with Crippen molar-refractivity contribution in [2.75, 3.05) is 20.7 Å². The first-order chi connectivity index (χ1) is 9.04. The average molecular weight is 261 g/mol. The van der Waals surface area contributed by atoms with Crippen molar-refractivity contribution < 1.29 is 9.53 Å². The van der Waals surface area contributed by atoms with E-state index >= 15 is 0 Å². The average Bonchev–Trinajstić information content (AvgIpc) is 2.32. The number of ether oxygens (including phenoxy) is 1. The van der Waals surface area contributed by atoms with Gasteiger partial charge in [0.1, 0.15) is 5.75 Å². The van der Waals surface area contributed by atoms with Gasteiger partial charge in [0.05, 0.1) is 12.7 Å². The number of carbonyl (C=O) groups excluding carboxylic acids is 1. The fraction of sp³-hybridized carbons (Fsp3) is 0.562. The highest BCUT2D eigenvalue weighted by atomic mass is 16.5. The second kappa shape index (κ2) is 5.33. The Labute approximate surface area is 115 Å². The Morgan fingerprint density at radius 3 is 2.53 bits per heavy atom. The van der Waals surface area contributed by atoms with Gasteiger partial charge in [-0.15, -0.1) is 0 Å². The van der Waals surface area contributed by atoms with E-state index in [2.05, 4.69) is 11.4 Å². The molecule has 0 radical (unpaired) electrons. The largest absolute Gasteiger partial charge is 0.496 e. The normalized spacial score (nSPS) is 16.8. The number of methoxy groups -OCH3 is 1. The van der Waals surface area contributed by atoms with Gasteiger partial charge in [-0.25, -0.2) is 0 Å². The van der Waals surface area contributed by atoms with Crippen molar-refractivity contribution in [3.05, 3.63) is 28.8 Å². The molecule has 0 spiro atoms. The highest BCUT2D eigenvalue weighted by Gasteiger charge is 2.44. The molecule has 0 bridgehead atoms. The molecule has 2 rings (SSSR count). The Kier molecular flexibility index (Phi) is 3.95. The van der Waals surface area contributed by atoms with Crippen molar-refractivity contribution in [1.29, 1.82) is 0 Å². The predicted octanol–water partition coefficient (Wildman–Crippen LogP) is 2.88. The summed E-state index contributed by atoms with van der Waals surface area (Å²) in [5.41, 5.74) is 2.69. The molecule has 0 atom stereocenters. The van der Waals surface area contributed by atoms with Crippen LogP contribution in [0.4, 0.5) is 0 Å². The number of nitrogens with one attached hydrogen (secondary N) is 1. The van der Waals surface area contributed by atoms with Crippen molar-refractivity contribution in [3.63, 3.8) is 0 Å². The monoisotopic (exact) mass is 261 g/mol. The van der Waals surface area contributed by atoms with E-state index in [1.807, 2.05) is 27.0 Å². The molecule has 1 aromatic rings. The van der Waals surface area contributed by atoms with Crippen LogP contribution in [0.5, 0.6) is 5.75 Å². The molecule has 1 aliphatic rings. The second-order valence-corrected chi connectivity index (χ2v) is 5.65. The van der Waals surface area contributed by atoms with Gasteiger partial charge < -0.3 is 10.1 Å². The summed E-state index contributed by atoms with van der Waals surface area (Å²) in [5, 5.41) is 3.17. The molecule has 0 aromatic heterocycles. The Morgan fingerprint density at radius 2 is 2.05 bits per heavy atom. The standard InChI is InChI=1S/C16H23NO2/c1-11-8-12(2)14(13(9-11)19-4)15(18)16(10-17-3)6-5-7-16/h8-9,17H,5-7,10H2,1-4H3. The number of carbonyl (C=O) groups is 1. The fourth-order valence-electron chi connectivity index (χ4n) is 3.07. The van der Waals surface area contributed by atoms with Crippen LogP contribution in [0.15, 0.2) is 12.1 Å². The number of hydrogen-bond acceptors (Lipinski definition) is 3. The topological polar surface area (TPSA) is 38.3 Å². The molecule has 0 aliphatic heterocycles. The highest BCUT2D eigenvalue weighted by molar-refractivity contribution is 6.04. The molecule has 0 saturated heterocycles. The van der Waals surface area contributed by atoms with Crippen LogP contribution in [0.3, 0.4) is 0 Å². The summed E-state index contributed by atoms with van der Waals surface area (Å²) >= 11 is 0. The number of ketones is 1. The van der Waals surface area contributed by atoms with Crippen LogP contribution in [0.2, 0.25) is 0 Å². The minimum Gasteiger partial charge on any atom is -0.496 e. The van der Waals surface area contributed by atoms with Gasteiger partial charge in [-0.1, -0.05) is 12.5 Å². The van der Waals surface area contributed by atoms with Crippen LogP contribution in [0.25, 0.3) is 0 Å². The quantitative estimate of drug-likeness (QED) is 0.828.